The largest absolute Gasteiger partial charge is 0.481 e. The highest BCUT2D eigenvalue weighted by Crippen LogP contribution is 2.29. The Morgan fingerprint density at radius 2 is 1.96 bits per heavy atom. The zero-order chi connectivity index (χ0) is 16.2. The van der Waals surface area contributed by atoms with Crippen molar-refractivity contribution < 1.29 is 20.9 Å². The van der Waals surface area contributed by atoms with E-state index < -0.39 is 11.9 Å². The van der Waals surface area contributed by atoms with E-state index in [2.05, 4.69) is 14.5 Å². The Bertz CT molecular complexity index is 666. The lowest BCUT2D eigenvalue weighted by Crippen LogP contribution is -2.15. The Kier molecular flexibility index (Phi) is 7.53. The van der Waals surface area contributed by atoms with Crippen LogP contribution < -0.4 is 5.73 Å². The Morgan fingerprint density at radius 1 is 1.24 bits per heavy atom. The topological polar surface area (TPSA) is 157 Å². The lowest BCUT2D eigenvalue weighted by molar-refractivity contribution is -0.138. The van der Waals surface area contributed by atoms with Crippen LogP contribution in [0, 0.1) is 0 Å². The summed E-state index contributed by atoms with van der Waals surface area (Å²) in [6.07, 6.45) is 11.7. The summed E-state index contributed by atoms with van der Waals surface area (Å²) in [5.41, 5.74) is 7.03. The van der Waals surface area contributed by atoms with Crippen molar-refractivity contribution in [2.24, 2.45) is 0 Å². The van der Waals surface area contributed by atoms with Crippen molar-refractivity contribution >= 4 is 11.8 Å². The summed E-state index contributed by atoms with van der Waals surface area (Å²) >= 11 is 0. The molecule has 3 rings (SSSR count). The molecule has 1 saturated carbocycles. The first kappa shape index (κ1) is 20.6. The predicted molar refractivity (Wildman–Crippen MR) is 94.3 cm³/mol. The van der Waals surface area contributed by atoms with Gasteiger partial charge in [0.25, 0.3) is 0 Å². The third-order valence-electron chi connectivity index (χ3n) is 4.56. The normalized spacial score (nSPS) is 15.7. The van der Waals surface area contributed by atoms with Crippen molar-refractivity contribution in [2.45, 2.75) is 50.5 Å². The van der Waals surface area contributed by atoms with Gasteiger partial charge in [0.05, 0.1) is 12.0 Å². The van der Waals surface area contributed by atoms with Gasteiger partial charge >= 0.3 is 5.97 Å². The number of pyridine rings is 1. The summed E-state index contributed by atoms with van der Waals surface area (Å²) in [4.78, 5) is 20.0. The molecule has 1 unspecified atom stereocenters. The van der Waals surface area contributed by atoms with Gasteiger partial charge in [0, 0.05) is 18.4 Å². The van der Waals surface area contributed by atoms with Crippen LogP contribution in [0.25, 0.3) is 0 Å². The monoisotopic (exact) mass is 350 g/mol. The maximum atomic E-state index is 11.7. The maximum absolute atomic E-state index is 11.7. The molecule has 0 radical (unpaired) electrons. The number of carboxylic acids is 1. The SMILES string of the molecule is Nc1ccc(CC(C(=O)O)c2cn(C3CCCCC3)cn2)cn1.O.O. The van der Waals surface area contributed by atoms with Gasteiger partial charge in [-0.15, -0.1) is 0 Å². The van der Waals surface area contributed by atoms with Crippen molar-refractivity contribution in [1.29, 1.82) is 0 Å². The molecule has 0 aromatic carbocycles. The first-order valence-electron chi connectivity index (χ1n) is 8.10. The highest BCUT2D eigenvalue weighted by molar-refractivity contribution is 5.75. The molecule has 2 aromatic rings. The van der Waals surface area contributed by atoms with Crippen LogP contribution in [0.4, 0.5) is 5.82 Å². The quantitative estimate of drug-likeness (QED) is 0.826. The average Bonchev–Trinajstić information content (AvgIpc) is 3.04. The van der Waals surface area contributed by atoms with Gasteiger partial charge in [0.15, 0.2) is 0 Å². The second kappa shape index (κ2) is 9.14. The zero-order valence-corrected chi connectivity index (χ0v) is 14.1. The second-order valence-corrected chi connectivity index (χ2v) is 6.22. The maximum Gasteiger partial charge on any atom is 0.312 e. The molecule has 25 heavy (non-hydrogen) atoms. The van der Waals surface area contributed by atoms with Gasteiger partial charge in [-0.05, 0) is 30.9 Å². The zero-order valence-electron chi connectivity index (χ0n) is 14.1. The minimum absolute atomic E-state index is 0. The molecule has 0 aliphatic heterocycles. The number of rotatable bonds is 5. The Morgan fingerprint density at radius 3 is 2.56 bits per heavy atom. The molecule has 8 heteroatoms. The molecule has 2 heterocycles. The fraction of sp³-hybridized carbons (Fsp3) is 0.471. The molecular weight excluding hydrogens is 324 g/mol. The van der Waals surface area contributed by atoms with Gasteiger partial charge in [-0.1, -0.05) is 25.3 Å². The van der Waals surface area contributed by atoms with E-state index in [0.29, 0.717) is 24.0 Å². The Hall–Kier alpha value is -2.45. The molecule has 138 valence electrons. The van der Waals surface area contributed by atoms with E-state index in [4.69, 9.17) is 5.73 Å². The summed E-state index contributed by atoms with van der Waals surface area (Å²) in [6.45, 7) is 0. The first-order valence-corrected chi connectivity index (χ1v) is 8.10. The van der Waals surface area contributed by atoms with Gasteiger partial charge < -0.3 is 26.4 Å². The number of anilines is 1. The molecule has 7 N–H and O–H groups in total. The van der Waals surface area contributed by atoms with Crippen LogP contribution in [0.1, 0.15) is 55.3 Å². The standard InChI is InChI=1S/C17H22N4O2.2H2O/c18-16-7-6-12(9-19-16)8-14(17(22)23)15-10-21(11-20-15)13-4-2-1-3-5-13;;/h6-7,9-11,13-14H,1-5,8H2,(H2,18,19)(H,22,23);2*1H2. The smallest absolute Gasteiger partial charge is 0.312 e. The molecule has 0 amide bonds. The minimum Gasteiger partial charge on any atom is -0.481 e. The van der Waals surface area contributed by atoms with Gasteiger partial charge in [0.1, 0.15) is 11.7 Å². The van der Waals surface area contributed by atoms with E-state index in [0.717, 1.165) is 18.4 Å². The van der Waals surface area contributed by atoms with Crippen LogP contribution in [-0.2, 0) is 11.2 Å². The van der Waals surface area contributed by atoms with Gasteiger partial charge in [0.2, 0.25) is 0 Å². The summed E-state index contributed by atoms with van der Waals surface area (Å²) in [6, 6.07) is 3.96. The number of carbonyl (C=O) groups is 1. The molecule has 1 atom stereocenters. The summed E-state index contributed by atoms with van der Waals surface area (Å²) in [5, 5.41) is 9.57. The Balaban J connectivity index is 0.00000156. The molecule has 2 aromatic heterocycles. The number of carboxylic acid groups (broad SMARTS) is 1. The van der Waals surface area contributed by atoms with Crippen molar-refractivity contribution in [3.8, 4) is 0 Å². The molecule has 1 aliphatic rings. The fourth-order valence-corrected chi connectivity index (χ4v) is 3.22. The van der Waals surface area contributed by atoms with Crippen LogP contribution in [-0.4, -0.2) is 36.6 Å². The van der Waals surface area contributed by atoms with Crippen molar-refractivity contribution in [3.05, 3.63) is 42.1 Å². The fourth-order valence-electron chi connectivity index (χ4n) is 3.22. The predicted octanol–water partition coefficient (Wildman–Crippen LogP) is 1.13. The molecule has 1 fully saturated rings. The summed E-state index contributed by atoms with van der Waals surface area (Å²) in [5.74, 6) is -1.09. The number of imidazole rings is 1. The molecular formula is C17H26N4O4. The second-order valence-electron chi connectivity index (χ2n) is 6.22. The summed E-state index contributed by atoms with van der Waals surface area (Å²) in [7, 11) is 0. The third kappa shape index (κ3) is 5.01. The van der Waals surface area contributed by atoms with Crippen LogP contribution in [0.5, 0.6) is 0 Å². The minimum atomic E-state index is -0.865. The Labute approximate surface area is 146 Å². The van der Waals surface area contributed by atoms with Crippen LogP contribution in [0.15, 0.2) is 30.9 Å². The lowest BCUT2D eigenvalue weighted by Gasteiger charge is -2.22. The van der Waals surface area contributed by atoms with Crippen LogP contribution in [0.3, 0.4) is 0 Å². The molecule has 0 spiro atoms. The van der Waals surface area contributed by atoms with E-state index in [-0.39, 0.29) is 11.0 Å². The van der Waals surface area contributed by atoms with E-state index in [1.807, 2.05) is 12.3 Å². The van der Waals surface area contributed by atoms with Crippen molar-refractivity contribution in [3.63, 3.8) is 0 Å². The van der Waals surface area contributed by atoms with Crippen LogP contribution >= 0.6 is 0 Å². The first-order chi connectivity index (χ1) is 11.1. The van der Waals surface area contributed by atoms with Gasteiger partial charge in [-0.2, -0.15) is 0 Å². The molecule has 0 saturated heterocycles. The van der Waals surface area contributed by atoms with Crippen LogP contribution in [0.2, 0.25) is 0 Å². The number of aliphatic carboxylic acids is 1. The van der Waals surface area contributed by atoms with Crippen molar-refractivity contribution in [1.82, 2.24) is 14.5 Å². The van der Waals surface area contributed by atoms with E-state index in [1.165, 1.54) is 19.3 Å². The highest BCUT2D eigenvalue weighted by atomic mass is 16.4. The number of nitrogens with zero attached hydrogens (tertiary/aromatic N) is 3. The number of nitrogens with two attached hydrogens (primary N) is 1. The van der Waals surface area contributed by atoms with Gasteiger partial charge in [-0.25, -0.2) is 9.97 Å². The van der Waals surface area contributed by atoms with Crippen molar-refractivity contribution in [2.75, 3.05) is 5.73 Å². The van der Waals surface area contributed by atoms with Gasteiger partial charge in [-0.3, -0.25) is 4.79 Å². The third-order valence-corrected chi connectivity index (χ3v) is 4.56. The number of nitrogen functional groups attached to an aromatic ring is 1. The summed E-state index contributed by atoms with van der Waals surface area (Å²) < 4.78 is 2.09. The number of aromatic nitrogens is 3. The number of hydrogen-bond donors (Lipinski definition) is 2. The lowest BCUT2D eigenvalue weighted by atomic mass is 9.95. The van der Waals surface area contributed by atoms with E-state index >= 15 is 0 Å². The highest BCUT2D eigenvalue weighted by Gasteiger charge is 2.24. The molecule has 1 aliphatic carbocycles. The molecule has 8 nitrogen and oxygen atoms in total. The number of hydrogen-bond acceptors (Lipinski definition) is 4. The van der Waals surface area contributed by atoms with E-state index in [9.17, 15) is 9.90 Å². The average molecular weight is 350 g/mol. The molecule has 0 bridgehead atoms. The van der Waals surface area contributed by atoms with E-state index in [1.54, 1.807) is 18.6 Å².